The zero-order valence-corrected chi connectivity index (χ0v) is 24.0. The molecule has 11 heteroatoms. The third kappa shape index (κ3) is 5.43. The van der Waals surface area contributed by atoms with Crippen LogP contribution in [0, 0.1) is 18.8 Å². The molecule has 1 saturated heterocycles. The average Bonchev–Trinajstić information content (AvgIpc) is 3.25. The first-order valence-electron chi connectivity index (χ1n) is 13.4. The molecule has 8 nitrogen and oxygen atoms in total. The number of amides is 1. The van der Waals surface area contributed by atoms with Crippen LogP contribution in [0.3, 0.4) is 0 Å². The number of aryl methyl sites for hydroxylation is 1. The van der Waals surface area contributed by atoms with Crippen molar-refractivity contribution in [3.05, 3.63) is 76.6 Å². The van der Waals surface area contributed by atoms with E-state index in [2.05, 4.69) is 15.0 Å². The molecule has 6 rings (SSSR count). The number of rotatable bonds is 7. The lowest BCUT2D eigenvalue weighted by Gasteiger charge is -2.22. The number of nitrogens with two attached hydrogens (primary N) is 1. The Morgan fingerprint density at radius 3 is 2.29 bits per heavy atom. The molecule has 1 amide bonds. The van der Waals surface area contributed by atoms with Crippen LogP contribution in [0.15, 0.2) is 54.9 Å². The van der Waals surface area contributed by atoms with Crippen molar-refractivity contribution >= 4 is 17.2 Å². The first-order chi connectivity index (χ1) is 19.4. The predicted octanol–water partition coefficient (Wildman–Crippen LogP) is 5.43. The summed E-state index contributed by atoms with van der Waals surface area (Å²) in [5, 5.41) is 0.625. The summed E-state index contributed by atoms with van der Waals surface area (Å²) < 4.78 is 33.8. The normalized spacial score (nSPS) is 20.2. The van der Waals surface area contributed by atoms with Crippen LogP contribution in [0.5, 0.6) is 5.88 Å². The summed E-state index contributed by atoms with van der Waals surface area (Å²) in [6.45, 7) is 7.66. The monoisotopic (exact) mass is 576 g/mol. The molecular weight excluding hydrogens is 546 g/mol. The number of hydrogen-bond acceptors (Lipinski definition) is 8. The molecular formula is C30H30F2N6O2S. The third-order valence-electron chi connectivity index (χ3n) is 7.64. The second-order valence-corrected chi connectivity index (χ2v) is 12.4. The van der Waals surface area contributed by atoms with E-state index in [0.717, 1.165) is 12.5 Å². The van der Waals surface area contributed by atoms with Gasteiger partial charge >= 0.3 is 0 Å². The zero-order valence-electron chi connectivity index (χ0n) is 23.1. The number of alkyl halides is 2. The molecule has 4 heterocycles. The van der Waals surface area contributed by atoms with Crippen molar-refractivity contribution in [2.45, 2.75) is 45.3 Å². The highest BCUT2D eigenvalue weighted by Crippen LogP contribution is 2.48. The van der Waals surface area contributed by atoms with Gasteiger partial charge in [0, 0.05) is 67.0 Å². The van der Waals surface area contributed by atoms with Gasteiger partial charge in [0.05, 0.1) is 11.4 Å². The lowest BCUT2D eigenvalue weighted by atomic mass is 9.94. The number of benzene rings is 1. The number of likely N-dealkylation sites (tertiary alicyclic amines) is 1. The minimum atomic E-state index is -2.92. The smallest absolute Gasteiger partial charge is 0.270 e. The van der Waals surface area contributed by atoms with E-state index in [0.29, 0.717) is 51.6 Å². The predicted molar refractivity (Wildman–Crippen MR) is 152 cm³/mol. The van der Waals surface area contributed by atoms with E-state index in [1.807, 2.05) is 37.8 Å². The fourth-order valence-corrected chi connectivity index (χ4v) is 6.20. The number of fused-ring (bicyclic) bond motifs is 1. The fourth-order valence-electron chi connectivity index (χ4n) is 5.21. The highest BCUT2D eigenvalue weighted by molar-refractivity contribution is 7.17. The maximum atomic E-state index is 13.7. The molecule has 212 valence electrons. The summed E-state index contributed by atoms with van der Waals surface area (Å²) in [5.74, 6) is -1.61. The molecule has 2 aliphatic rings. The van der Waals surface area contributed by atoms with Crippen LogP contribution in [0.4, 0.5) is 8.78 Å². The van der Waals surface area contributed by atoms with Crippen molar-refractivity contribution in [3.63, 3.8) is 0 Å². The topological polar surface area (TPSA) is 107 Å². The average molecular weight is 577 g/mol. The molecule has 0 unspecified atom stereocenters. The van der Waals surface area contributed by atoms with Crippen molar-refractivity contribution in [1.29, 1.82) is 0 Å². The quantitative estimate of drug-likeness (QED) is 0.313. The second-order valence-electron chi connectivity index (χ2n) is 11.4. The summed E-state index contributed by atoms with van der Waals surface area (Å²) in [5.41, 5.74) is 8.48. The number of aromatic nitrogens is 4. The van der Waals surface area contributed by atoms with Crippen LogP contribution in [0.25, 0.3) is 22.1 Å². The summed E-state index contributed by atoms with van der Waals surface area (Å²) in [7, 11) is 0. The van der Waals surface area contributed by atoms with E-state index in [-0.39, 0.29) is 29.4 Å². The number of pyridine rings is 1. The third-order valence-corrected chi connectivity index (χ3v) is 8.78. The summed E-state index contributed by atoms with van der Waals surface area (Å²) >= 11 is 1.31. The van der Waals surface area contributed by atoms with Gasteiger partial charge in [0.1, 0.15) is 11.0 Å². The van der Waals surface area contributed by atoms with Crippen LogP contribution in [0.1, 0.15) is 47.3 Å². The van der Waals surface area contributed by atoms with Gasteiger partial charge in [-0.1, -0.05) is 24.3 Å². The summed E-state index contributed by atoms with van der Waals surface area (Å²) in [4.78, 5) is 33.5. The number of nitrogens with zero attached hydrogens (tertiary/aromatic N) is 5. The lowest BCUT2D eigenvalue weighted by molar-refractivity contribution is 0.0175. The van der Waals surface area contributed by atoms with Crippen LogP contribution in [0.2, 0.25) is 0 Å². The van der Waals surface area contributed by atoms with Crippen molar-refractivity contribution in [1.82, 2.24) is 24.8 Å². The Morgan fingerprint density at radius 1 is 1.02 bits per heavy atom. The number of carbonyl (C=O) groups excluding carboxylic acids is 1. The van der Waals surface area contributed by atoms with Gasteiger partial charge in [0.15, 0.2) is 10.8 Å². The number of thiazole rings is 1. The molecule has 0 radical (unpaired) electrons. The maximum absolute atomic E-state index is 13.7. The number of hydrogen-bond donors (Lipinski definition) is 1. The van der Waals surface area contributed by atoms with Crippen molar-refractivity contribution in [3.8, 4) is 28.0 Å². The molecule has 2 fully saturated rings. The van der Waals surface area contributed by atoms with Gasteiger partial charge in [-0.3, -0.25) is 4.79 Å². The van der Waals surface area contributed by atoms with Crippen LogP contribution in [-0.4, -0.2) is 49.9 Å². The zero-order chi connectivity index (χ0) is 29.1. The number of halogens is 2. The van der Waals surface area contributed by atoms with Gasteiger partial charge in [-0.2, -0.15) is 0 Å². The van der Waals surface area contributed by atoms with E-state index in [9.17, 15) is 13.6 Å². The van der Waals surface area contributed by atoms with Crippen LogP contribution >= 0.6 is 11.3 Å². The van der Waals surface area contributed by atoms with Crippen molar-refractivity contribution < 1.29 is 18.3 Å². The first-order valence-corrected chi connectivity index (χ1v) is 14.2. The van der Waals surface area contributed by atoms with Crippen LogP contribution in [-0.2, 0) is 11.5 Å². The first kappa shape index (κ1) is 27.3. The molecule has 1 aliphatic carbocycles. The molecule has 3 atom stereocenters. The van der Waals surface area contributed by atoms with Gasteiger partial charge in [-0.05, 0) is 38.5 Å². The second kappa shape index (κ2) is 9.92. The number of piperidine rings is 1. The molecule has 41 heavy (non-hydrogen) atoms. The van der Waals surface area contributed by atoms with Gasteiger partial charge in [0.2, 0.25) is 5.88 Å². The minimum absolute atomic E-state index is 0.0403. The molecule has 3 aromatic heterocycles. The van der Waals surface area contributed by atoms with E-state index in [1.54, 1.807) is 30.6 Å². The van der Waals surface area contributed by atoms with Crippen LogP contribution < -0.4 is 10.5 Å². The highest BCUT2D eigenvalue weighted by Gasteiger charge is 2.59. The fraction of sp³-hybridized carbons (Fsp3) is 0.367. The Balaban J connectivity index is 1.16. The molecule has 2 N–H and O–H groups in total. The van der Waals surface area contributed by atoms with Crippen molar-refractivity contribution in [2.75, 3.05) is 13.1 Å². The lowest BCUT2D eigenvalue weighted by Crippen LogP contribution is -2.33. The number of ether oxygens (including phenoxy) is 1. The van der Waals surface area contributed by atoms with E-state index in [1.165, 1.54) is 23.5 Å². The molecule has 0 spiro atoms. The van der Waals surface area contributed by atoms with Gasteiger partial charge in [-0.15, -0.1) is 11.3 Å². The van der Waals surface area contributed by atoms with Gasteiger partial charge in [-0.25, -0.2) is 28.7 Å². The van der Waals surface area contributed by atoms with E-state index in [4.69, 9.17) is 15.5 Å². The van der Waals surface area contributed by atoms with E-state index < -0.39 is 11.5 Å². The Hall–Kier alpha value is -3.83. The Kier molecular flexibility index (Phi) is 6.61. The standard InChI is InChI=1S/C30H30F2N6O2S/c1-16-25(41-27(36-16)26-34-10-5-11-35-26)28(39)38-14-20-21(15-38)24(20)40-23-13-19(29(2,3)33)12-22(37-23)17-6-8-18(9-7-17)30(4,31)32/h5-13,20-21,24H,14-15,33H2,1-4H3/t20-,21+,24-. The summed E-state index contributed by atoms with van der Waals surface area (Å²) in [6.07, 6.45) is 3.24. The highest BCUT2D eigenvalue weighted by atomic mass is 32.1. The Bertz CT molecular complexity index is 1590. The molecule has 1 saturated carbocycles. The minimum Gasteiger partial charge on any atom is -0.474 e. The Labute approximate surface area is 240 Å². The largest absolute Gasteiger partial charge is 0.474 e. The molecule has 4 aromatic rings. The molecule has 1 aliphatic heterocycles. The van der Waals surface area contributed by atoms with E-state index >= 15 is 0 Å². The SMILES string of the molecule is Cc1nc(-c2ncccn2)sc1C(=O)N1C[C@@H]2[C@H](C1)[C@@H]2Oc1cc(C(C)(C)N)cc(-c2ccc(C(C)(F)F)cc2)n1. The van der Waals surface area contributed by atoms with Crippen molar-refractivity contribution in [2.24, 2.45) is 17.6 Å². The van der Waals surface area contributed by atoms with Gasteiger partial charge in [0.25, 0.3) is 11.8 Å². The summed E-state index contributed by atoms with van der Waals surface area (Å²) in [6, 6.07) is 11.5. The molecule has 1 aromatic carbocycles. The van der Waals surface area contributed by atoms with Gasteiger partial charge < -0.3 is 15.4 Å². The Morgan fingerprint density at radius 2 is 1.68 bits per heavy atom. The number of carbonyl (C=O) groups is 1. The maximum Gasteiger partial charge on any atom is 0.270 e. The molecule has 0 bridgehead atoms.